The summed E-state index contributed by atoms with van der Waals surface area (Å²) in [5, 5.41) is 19.1. The number of allylic oxidation sites excluding steroid dienone is 2. The molecule has 200 valence electrons. The number of phenols is 1. The van der Waals surface area contributed by atoms with Gasteiger partial charge in [0.15, 0.2) is 18.1 Å². The van der Waals surface area contributed by atoms with E-state index in [1.807, 2.05) is 0 Å². The van der Waals surface area contributed by atoms with E-state index in [0.29, 0.717) is 34.6 Å². The Morgan fingerprint density at radius 2 is 2.00 bits per heavy atom. The van der Waals surface area contributed by atoms with Crippen LogP contribution in [0.1, 0.15) is 36.6 Å². The van der Waals surface area contributed by atoms with Crippen molar-refractivity contribution in [2.45, 2.75) is 26.3 Å². The van der Waals surface area contributed by atoms with Gasteiger partial charge in [-0.25, -0.2) is 15.0 Å². The molecule has 0 aromatic heterocycles. The number of hydrogen-bond donors (Lipinski definition) is 4. The molecule has 0 saturated heterocycles. The van der Waals surface area contributed by atoms with Crippen LogP contribution in [0.25, 0.3) is 0 Å². The highest BCUT2D eigenvalue weighted by Gasteiger charge is 2.32. The quantitative estimate of drug-likeness (QED) is 0.154. The van der Waals surface area contributed by atoms with Crippen LogP contribution in [0.15, 0.2) is 65.4 Å². The largest absolute Gasteiger partial charge is 0.508 e. The number of urea groups is 1. The molecular formula is C27H30N4O7. The van der Waals surface area contributed by atoms with Gasteiger partial charge in [-0.2, -0.15) is 5.10 Å². The van der Waals surface area contributed by atoms with E-state index in [4.69, 9.17) is 14.2 Å². The van der Waals surface area contributed by atoms with Crippen LogP contribution in [-0.2, 0) is 20.7 Å². The van der Waals surface area contributed by atoms with Crippen molar-refractivity contribution in [3.05, 3.63) is 77.0 Å². The molecule has 0 spiro atoms. The van der Waals surface area contributed by atoms with Crippen LogP contribution in [0.3, 0.4) is 0 Å². The van der Waals surface area contributed by atoms with Crippen LogP contribution < -0.4 is 25.5 Å². The van der Waals surface area contributed by atoms with Gasteiger partial charge < -0.3 is 30.0 Å². The summed E-state index contributed by atoms with van der Waals surface area (Å²) in [7, 11) is 1.43. The lowest BCUT2D eigenvalue weighted by atomic mass is 9.95. The molecule has 11 heteroatoms. The zero-order chi connectivity index (χ0) is 27.7. The van der Waals surface area contributed by atoms with Crippen molar-refractivity contribution < 1.29 is 33.7 Å². The third-order valence-electron chi connectivity index (χ3n) is 5.51. The summed E-state index contributed by atoms with van der Waals surface area (Å²) in [5.41, 5.74) is 4.98. The first-order chi connectivity index (χ1) is 18.3. The van der Waals surface area contributed by atoms with E-state index in [0.717, 1.165) is 0 Å². The van der Waals surface area contributed by atoms with Gasteiger partial charge in [0.2, 0.25) is 0 Å². The molecule has 1 atom stereocenters. The second kappa shape index (κ2) is 12.9. The molecule has 0 aliphatic carbocycles. The third-order valence-corrected chi connectivity index (χ3v) is 5.51. The van der Waals surface area contributed by atoms with Crippen LogP contribution in [0.2, 0.25) is 0 Å². The highest BCUT2D eigenvalue weighted by atomic mass is 16.5. The lowest BCUT2D eigenvalue weighted by molar-refractivity contribution is -0.139. The van der Waals surface area contributed by atoms with Crippen molar-refractivity contribution in [2.24, 2.45) is 5.10 Å². The molecule has 2 aromatic rings. The fourth-order valence-electron chi connectivity index (χ4n) is 3.77. The molecule has 1 aliphatic heterocycles. The molecule has 2 aromatic carbocycles. The Bertz CT molecular complexity index is 1290. The number of phenolic OH excluding ortho intramolecular Hbond substituents is 1. The Hall–Kier alpha value is -4.80. The highest BCUT2D eigenvalue weighted by molar-refractivity contribution is 5.95. The number of hydrogen-bond acceptors (Lipinski definition) is 8. The minimum atomic E-state index is -0.768. The molecule has 0 radical (unpaired) electrons. The van der Waals surface area contributed by atoms with Crippen molar-refractivity contribution >= 4 is 24.1 Å². The number of methoxy groups -OCH3 is 1. The second-order valence-electron chi connectivity index (χ2n) is 8.16. The monoisotopic (exact) mass is 522 g/mol. The molecule has 0 unspecified atom stereocenters. The molecule has 0 fully saturated rings. The Morgan fingerprint density at radius 3 is 2.71 bits per heavy atom. The third kappa shape index (κ3) is 6.90. The van der Waals surface area contributed by atoms with E-state index in [2.05, 4.69) is 27.7 Å². The van der Waals surface area contributed by atoms with E-state index in [1.165, 1.54) is 13.3 Å². The van der Waals surface area contributed by atoms with Gasteiger partial charge in [-0.1, -0.05) is 12.1 Å². The number of amides is 3. The van der Waals surface area contributed by atoms with Crippen LogP contribution in [0.4, 0.5) is 4.79 Å². The van der Waals surface area contributed by atoms with Gasteiger partial charge in [0, 0.05) is 5.70 Å². The lowest BCUT2D eigenvalue weighted by Gasteiger charge is -2.28. The Balaban J connectivity index is 1.67. The molecule has 1 heterocycles. The van der Waals surface area contributed by atoms with Gasteiger partial charge in [-0.3, -0.25) is 4.79 Å². The maximum absolute atomic E-state index is 12.5. The maximum Gasteiger partial charge on any atom is 0.338 e. The summed E-state index contributed by atoms with van der Waals surface area (Å²) < 4.78 is 16.2. The van der Waals surface area contributed by atoms with E-state index in [-0.39, 0.29) is 30.3 Å². The normalized spacial score (nSPS) is 14.9. The SMILES string of the molecule is C=CCc1cc(/C=N\NC(=O)COc2ccc([C@@H]3NC(=O)NC(C)=C3C(=O)OCC)cc2OC)ccc1O. The summed E-state index contributed by atoms with van der Waals surface area (Å²) in [4.78, 5) is 36.9. The first-order valence-electron chi connectivity index (χ1n) is 11.8. The molecule has 11 nitrogen and oxygen atoms in total. The number of nitrogens with zero attached hydrogens (tertiary/aromatic N) is 1. The first-order valence-corrected chi connectivity index (χ1v) is 11.8. The predicted octanol–water partition coefficient (Wildman–Crippen LogP) is 2.85. The van der Waals surface area contributed by atoms with Crippen LogP contribution >= 0.6 is 0 Å². The minimum Gasteiger partial charge on any atom is -0.508 e. The van der Waals surface area contributed by atoms with Gasteiger partial charge in [-0.15, -0.1) is 6.58 Å². The Kier molecular flexibility index (Phi) is 9.47. The van der Waals surface area contributed by atoms with Crippen LogP contribution in [-0.4, -0.2) is 49.6 Å². The summed E-state index contributed by atoms with van der Waals surface area (Å²) >= 11 is 0. The summed E-state index contributed by atoms with van der Waals surface area (Å²) in [6, 6.07) is 8.57. The van der Waals surface area contributed by atoms with E-state index < -0.39 is 23.9 Å². The number of benzene rings is 2. The fraction of sp³-hybridized carbons (Fsp3) is 0.259. The molecule has 3 rings (SSSR count). The smallest absolute Gasteiger partial charge is 0.338 e. The van der Waals surface area contributed by atoms with Gasteiger partial charge in [0.1, 0.15) is 5.75 Å². The number of ether oxygens (including phenoxy) is 3. The molecule has 0 saturated carbocycles. The highest BCUT2D eigenvalue weighted by Crippen LogP contribution is 2.34. The van der Waals surface area contributed by atoms with Crippen molar-refractivity contribution in [1.29, 1.82) is 0 Å². The van der Waals surface area contributed by atoms with Crippen molar-refractivity contribution in [3.63, 3.8) is 0 Å². The summed E-state index contributed by atoms with van der Waals surface area (Å²) in [6.07, 6.45) is 3.62. The minimum absolute atomic E-state index is 0.158. The van der Waals surface area contributed by atoms with Gasteiger partial charge >= 0.3 is 12.0 Å². The molecule has 3 amide bonds. The number of rotatable bonds is 11. The maximum atomic E-state index is 12.5. The molecule has 38 heavy (non-hydrogen) atoms. The summed E-state index contributed by atoms with van der Waals surface area (Å²) in [6.45, 7) is 6.81. The Morgan fingerprint density at radius 1 is 1.21 bits per heavy atom. The number of carbonyl (C=O) groups is 3. The molecule has 1 aliphatic rings. The molecule has 0 bridgehead atoms. The first kappa shape index (κ1) is 27.8. The number of hydrazone groups is 1. The van der Waals surface area contributed by atoms with Crippen LogP contribution in [0, 0.1) is 0 Å². The molecular weight excluding hydrogens is 492 g/mol. The topological polar surface area (TPSA) is 148 Å². The number of esters is 1. The van der Waals surface area contributed by atoms with Gasteiger partial charge in [0.25, 0.3) is 5.91 Å². The molecule has 4 N–H and O–H groups in total. The van der Waals surface area contributed by atoms with Crippen molar-refractivity contribution in [3.8, 4) is 17.2 Å². The van der Waals surface area contributed by atoms with Crippen molar-refractivity contribution in [1.82, 2.24) is 16.1 Å². The van der Waals surface area contributed by atoms with Gasteiger partial charge in [0.05, 0.1) is 31.5 Å². The van der Waals surface area contributed by atoms with Crippen molar-refractivity contribution in [2.75, 3.05) is 20.3 Å². The average Bonchev–Trinajstić information content (AvgIpc) is 2.89. The second-order valence-corrected chi connectivity index (χ2v) is 8.16. The zero-order valence-corrected chi connectivity index (χ0v) is 21.4. The zero-order valence-electron chi connectivity index (χ0n) is 21.4. The standard InChI is InChI=1S/C27H30N4O7/c1-5-7-18-12-17(8-10-20(18)32)14-28-31-23(33)15-38-21-11-9-19(13-22(21)36-4)25-24(26(34)37-6-2)16(3)29-27(35)30-25/h5,8-14,25,32H,1,6-7,15H2,2-4H3,(H,31,33)(H2,29,30,35)/b28-14-/t25-/m0/s1. The lowest BCUT2D eigenvalue weighted by Crippen LogP contribution is -2.45. The van der Waals surface area contributed by atoms with Crippen LogP contribution in [0.5, 0.6) is 17.2 Å². The summed E-state index contributed by atoms with van der Waals surface area (Å²) in [5.74, 6) is -0.326. The van der Waals surface area contributed by atoms with E-state index in [9.17, 15) is 19.5 Å². The number of aromatic hydroxyl groups is 1. The van der Waals surface area contributed by atoms with E-state index in [1.54, 1.807) is 56.3 Å². The van der Waals surface area contributed by atoms with E-state index >= 15 is 0 Å². The number of carbonyl (C=O) groups excluding carboxylic acids is 3. The fourth-order valence-corrected chi connectivity index (χ4v) is 3.77. The van der Waals surface area contributed by atoms with Gasteiger partial charge in [-0.05, 0) is 67.3 Å². The Labute approximate surface area is 220 Å². The predicted molar refractivity (Wildman–Crippen MR) is 140 cm³/mol. The average molecular weight is 523 g/mol. The number of nitrogens with one attached hydrogen (secondary N) is 3.